The molecular formula is C12H21N3O. The number of aromatic nitrogens is 2. The Morgan fingerprint density at radius 3 is 3.00 bits per heavy atom. The van der Waals surface area contributed by atoms with E-state index in [-0.39, 0.29) is 5.69 Å². The van der Waals surface area contributed by atoms with Gasteiger partial charge in [0.15, 0.2) is 0 Å². The third-order valence-electron chi connectivity index (χ3n) is 3.51. The third kappa shape index (κ3) is 2.76. The Balaban J connectivity index is 1.75. The fraction of sp³-hybridized carbons (Fsp3) is 0.750. The van der Waals surface area contributed by atoms with Crippen LogP contribution in [0.5, 0.6) is 0 Å². The molecule has 4 heteroatoms. The SMILES string of the molecule is CC1CCCCN1CCCn1cc[nH]c1=O. The molecule has 4 nitrogen and oxygen atoms in total. The van der Waals surface area contributed by atoms with Gasteiger partial charge in [0.05, 0.1) is 0 Å². The van der Waals surface area contributed by atoms with Crippen LogP contribution in [0, 0.1) is 0 Å². The minimum Gasteiger partial charge on any atom is -0.313 e. The van der Waals surface area contributed by atoms with Gasteiger partial charge in [0.1, 0.15) is 0 Å². The molecule has 1 N–H and O–H groups in total. The van der Waals surface area contributed by atoms with E-state index in [0.717, 1.165) is 25.6 Å². The number of piperidine rings is 1. The lowest BCUT2D eigenvalue weighted by Crippen LogP contribution is -2.38. The first-order chi connectivity index (χ1) is 7.77. The van der Waals surface area contributed by atoms with Gasteiger partial charge < -0.3 is 9.88 Å². The molecule has 0 amide bonds. The number of aryl methyl sites for hydroxylation is 1. The van der Waals surface area contributed by atoms with Crippen molar-refractivity contribution in [2.24, 2.45) is 0 Å². The Labute approximate surface area is 96.3 Å². The monoisotopic (exact) mass is 223 g/mol. The van der Waals surface area contributed by atoms with E-state index in [1.54, 1.807) is 10.8 Å². The third-order valence-corrected chi connectivity index (χ3v) is 3.51. The highest BCUT2D eigenvalue weighted by molar-refractivity contribution is 4.77. The summed E-state index contributed by atoms with van der Waals surface area (Å²) in [5, 5.41) is 0. The molecule has 0 spiro atoms. The van der Waals surface area contributed by atoms with Gasteiger partial charge in [-0.3, -0.25) is 4.57 Å². The second-order valence-electron chi connectivity index (χ2n) is 4.69. The van der Waals surface area contributed by atoms with Gasteiger partial charge in [-0.05, 0) is 32.7 Å². The van der Waals surface area contributed by atoms with Crippen LogP contribution < -0.4 is 5.69 Å². The van der Waals surface area contributed by atoms with E-state index in [9.17, 15) is 4.79 Å². The molecule has 1 fully saturated rings. The minimum atomic E-state index is 0.00620. The Morgan fingerprint density at radius 1 is 1.44 bits per heavy atom. The van der Waals surface area contributed by atoms with E-state index >= 15 is 0 Å². The first-order valence-corrected chi connectivity index (χ1v) is 6.25. The van der Waals surface area contributed by atoms with Crippen molar-refractivity contribution < 1.29 is 0 Å². The fourth-order valence-electron chi connectivity index (χ4n) is 2.46. The molecule has 1 atom stereocenters. The molecule has 1 aromatic rings. The lowest BCUT2D eigenvalue weighted by molar-refractivity contribution is 0.156. The van der Waals surface area contributed by atoms with Gasteiger partial charge in [-0.15, -0.1) is 0 Å². The van der Waals surface area contributed by atoms with Gasteiger partial charge in [0, 0.05) is 31.5 Å². The van der Waals surface area contributed by atoms with Gasteiger partial charge >= 0.3 is 5.69 Å². The predicted octanol–water partition coefficient (Wildman–Crippen LogP) is 1.44. The van der Waals surface area contributed by atoms with Crippen molar-refractivity contribution in [3.05, 3.63) is 22.9 Å². The Morgan fingerprint density at radius 2 is 2.31 bits per heavy atom. The van der Waals surface area contributed by atoms with Crippen molar-refractivity contribution in [1.29, 1.82) is 0 Å². The number of likely N-dealkylation sites (tertiary alicyclic amines) is 1. The molecule has 2 heterocycles. The number of hydrogen-bond acceptors (Lipinski definition) is 2. The van der Waals surface area contributed by atoms with Crippen molar-refractivity contribution in [2.75, 3.05) is 13.1 Å². The lowest BCUT2D eigenvalue weighted by atomic mass is 10.0. The Kier molecular flexibility index (Phi) is 3.83. The molecule has 0 radical (unpaired) electrons. The van der Waals surface area contributed by atoms with Gasteiger partial charge in [0.2, 0.25) is 0 Å². The fourth-order valence-corrected chi connectivity index (χ4v) is 2.46. The molecule has 16 heavy (non-hydrogen) atoms. The summed E-state index contributed by atoms with van der Waals surface area (Å²) in [6.45, 7) is 5.47. The number of nitrogens with one attached hydrogen (secondary N) is 1. The molecule has 90 valence electrons. The molecule has 1 aliphatic heterocycles. The van der Waals surface area contributed by atoms with E-state index in [2.05, 4.69) is 16.8 Å². The maximum Gasteiger partial charge on any atom is 0.325 e. The molecule has 0 aromatic carbocycles. The van der Waals surface area contributed by atoms with Crippen LogP contribution in [0.25, 0.3) is 0 Å². The van der Waals surface area contributed by atoms with Crippen LogP contribution >= 0.6 is 0 Å². The summed E-state index contributed by atoms with van der Waals surface area (Å²) in [6, 6.07) is 0.719. The highest BCUT2D eigenvalue weighted by Crippen LogP contribution is 2.16. The zero-order chi connectivity index (χ0) is 11.4. The van der Waals surface area contributed by atoms with Crippen LogP contribution in [0.2, 0.25) is 0 Å². The van der Waals surface area contributed by atoms with E-state index in [4.69, 9.17) is 0 Å². The molecular weight excluding hydrogens is 202 g/mol. The molecule has 1 unspecified atom stereocenters. The quantitative estimate of drug-likeness (QED) is 0.839. The van der Waals surface area contributed by atoms with E-state index in [1.807, 2.05) is 6.20 Å². The lowest BCUT2D eigenvalue weighted by Gasteiger charge is -2.33. The average Bonchev–Trinajstić information content (AvgIpc) is 2.67. The van der Waals surface area contributed by atoms with Gasteiger partial charge in [-0.2, -0.15) is 0 Å². The number of hydrogen-bond donors (Lipinski definition) is 1. The summed E-state index contributed by atoms with van der Waals surface area (Å²) < 4.78 is 1.74. The largest absolute Gasteiger partial charge is 0.325 e. The summed E-state index contributed by atoms with van der Waals surface area (Å²) in [5.74, 6) is 0. The van der Waals surface area contributed by atoms with Crippen LogP contribution in [0.4, 0.5) is 0 Å². The molecule has 0 saturated carbocycles. The molecule has 0 bridgehead atoms. The van der Waals surface area contributed by atoms with Crippen LogP contribution in [0.1, 0.15) is 32.6 Å². The van der Waals surface area contributed by atoms with E-state index in [0.29, 0.717) is 0 Å². The zero-order valence-electron chi connectivity index (χ0n) is 9.98. The summed E-state index contributed by atoms with van der Waals surface area (Å²) in [5.41, 5.74) is 0.00620. The first-order valence-electron chi connectivity index (χ1n) is 6.25. The first kappa shape index (κ1) is 11.5. The highest BCUT2D eigenvalue weighted by atomic mass is 16.1. The molecule has 1 aromatic heterocycles. The zero-order valence-corrected chi connectivity index (χ0v) is 9.98. The number of aromatic amines is 1. The standard InChI is InChI=1S/C12H21N3O/c1-11-5-2-3-7-14(11)8-4-9-15-10-6-13-12(15)16/h6,10-11H,2-5,7-9H2,1H3,(H,13,16). The van der Waals surface area contributed by atoms with Crippen LogP contribution in [-0.4, -0.2) is 33.6 Å². The number of H-pyrrole nitrogens is 1. The second-order valence-corrected chi connectivity index (χ2v) is 4.69. The van der Waals surface area contributed by atoms with E-state index in [1.165, 1.54) is 25.8 Å². The van der Waals surface area contributed by atoms with Crippen LogP contribution in [0.3, 0.4) is 0 Å². The van der Waals surface area contributed by atoms with E-state index < -0.39 is 0 Å². The smallest absolute Gasteiger partial charge is 0.313 e. The predicted molar refractivity (Wildman–Crippen MR) is 64.6 cm³/mol. The van der Waals surface area contributed by atoms with Crippen molar-refractivity contribution in [3.8, 4) is 0 Å². The van der Waals surface area contributed by atoms with Crippen molar-refractivity contribution >= 4 is 0 Å². The molecule has 1 aliphatic rings. The number of rotatable bonds is 4. The van der Waals surface area contributed by atoms with Crippen LogP contribution in [-0.2, 0) is 6.54 Å². The second kappa shape index (κ2) is 5.34. The summed E-state index contributed by atoms with van der Waals surface area (Å²) in [7, 11) is 0. The Hall–Kier alpha value is -1.03. The minimum absolute atomic E-state index is 0.00620. The summed E-state index contributed by atoms with van der Waals surface area (Å²) in [4.78, 5) is 16.5. The highest BCUT2D eigenvalue weighted by Gasteiger charge is 2.17. The Bertz CT molecular complexity index is 368. The van der Waals surface area contributed by atoms with Gasteiger partial charge in [-0.1, -0.05) is 6.42 Å². The van der Waals surface area contributed by atoms with Gasteiger partial charge in [0.25, 0.3) is 0 Å². The average molecular weight is 223 g/mol. The normalized spacial score (nSPS) is 22.4. The van der Waals surface area contributed by atoms with Crippen molar-refractivity contribution in [1.82, 2.24) is 14.5 Å². The number of nitrogens with zero attached hydrogens (tertiary/aromatic N) is 2. The van der Waals surface area contributed by atoms with Crippen molar-refractivity contribution in [3.63, 3.8) is 0 Å². The molecule has 0 aliphatic carbocycles. The maximum atomic E-state index is 11.3. The number of imidazole rings is 1. The van der Waals surface area contributed by atoms with Crippen LogP contribution in [0.15, 0.2) is 17.2 Å². The molecule has 2 rings (SSSR count). The molecule has 1 saturated heterocycles. The summed E-state index contributed by atoms with van der Waals surface area (Å²) in [6.07, 6.45) is 8.60. The summed E-state index contributed by atoms with van der Waals surface area (Å²) >= 11 is 0. The maximum absolute atomic E-state index is 11.3. The van der Waals surface area contributed by atoms with Gasteiger partial charge in [-0.25, -0.2) is 4.79 Å². The topological polar surface area (TPSA) is 41.0 Å². The van der Waals surface area contributed by atoms with Crippen molar-refractivity contribution in [2.45, 2.75) is 45.2 Å².